The molecule has 1 atom stereocenters. The van der Waals surface area contributed by atoms with Crippen LogP contribution >= 0.6 is 0 Å². The van der Waals surface area contributed by atoms with Gasteiger partial charge in [0.2, 0.25) is 0 Å². The van der Waals surface area contributed by atoms with Crippen molar-refractivity contribution in [2.45, 2.75) is 51.4 Å². The number of nitrogens with zero attached hydrogens (tertiary/aromatic N) is 1. The Morgan fingerprint density at radius 3 is 2.29 bits per heavy atom. The van der Waals surface area contributed by atoms with Gasteiger partial charge in [-0.3, -0.25) is 0 Å². The minimum absolute atomic E-state index is 0.166. The number of likely N-dealkylation sites (tertiary alicyclic amines) is 1. The van der Waals surface area contributed by atoms with Crippen molar-refractivity contribution in [1.29, 1.82) is 0 Å². The SMILES string of the molecule is COc1ccc(C(C=O)(CCCN2CCC(Cc3ccc(F)cc3)CC2)C(C)C)cc1. The van der Waals surface area contributed by atoms with E-state index in [-0.39, 0.29) is 11.7 Å². The van der Waals surface area contributed by atoms with Gasteiger partial charge in [0.05, 0.1) is 12.5 Å². The number of carbonyl (C=O) groups is 1. The minimum atomic E-state index is -0.451. The van der Waals surface area contributed by atoms with E-state index in [4.69, 9.17) is 4.74 Å². The molecule has 2 aromatic carbocycles. The summed E-state index contributed by atoms with van der Waals surface area (Å²) in [5, 5.41) is 0. The zero-order valence-electron chi connectivity index (χ0n) is 19.1. The number of hydrogen-bond acceptors (Lipinski definition) is 3. The highest BCUT2D eigenvalue weighted by Crippen LogP contribution is 2.36. The van der Waals surface area contributed by atoms with Gasteiger partial charge in [0.25, 0.3) is 0 Å². The van der Waals surface area contributed by atoms with Gasteiger partial charge in [-0.1, -0.05) is 38.1 Å². The number of benzene rings is 2. The van der Waals surface area contributed by atoms with Gasteiger partial charge in [-0.2, -0.15) is 0 Å². The molecule has 0 aliphatic carbocycles. The Kier molecular flexibility index (Phi) is 8.25. The van der Waals surface area contributed by atoms with Crippen LogP contribution < -0.4 is 4.74 Å². The van der Waals surface area contributed by atoms with E-state index in [2.05, 4.69) is 18.7 Å². The second kappa shape index (κ2) is 10.9. The van der Waals surface area contributed by atoms with E-state index in [1.807, 2.05) is 36.4 Å². The molecule has 1 saturated heterocycles. The van der Waals surface area contributed by atoms with Crippen LogP contribution in [0.15, 0.2) is 48.5 Å². The summed E-state index contributed by atoms with van der Waals surface area (Å²) < 4.78 is 18.4. The highest BCUT2D eigenvalue weighted by atomic mass is 19.1. The maximum Gasteiger partial charge on any atom is 0.130 e. The van der Waals surface area contributed by atoms with Gasteiger partial charge in [-0.15, -0.1) is 0 Å². The molecule has 31 heavy (non-hydrogen) atoms. The van der Waals surface area contributed by atoms with Gasteiger partial charge in [0.15, 0.2) is 0 Å². The highest BCUT2D eigenvalue weighted by Gasteiger charge is 2.35. The molecule has 0 aromatic heterocycles. The lowest BCUT2D eigenvalue weighted by atomic mass is 9.70. The number of carbonyl (C=O) groups excluding carboxylic acids is 1. The molecular formula is C27H36FNO2. The van der Waals surface area contributed by atoms with Crippen molar-refractivity contribution < 1.29 is 13.9 Å². The van der Waals surface area contributed by atoms with Crippen molar-refractivity contribution in [3.05, 3.63) is 65.5 Å². The van der Waals surface area contributed by atoms with Crippen LogP contribution in [0.1, 0.15) is 50.7 Å². The molecule has 0 N–H and O–H groups in total. The first kappa shape index (κ1) is 23.5. The second-order valence-electron chi connectivity index (χ2n) is 9.26. The Labute approximate surface area is 186 Å². The molecule has 2 aromatic rings. The normalized spacial score (nSPS) is 17.5. The zero-order valence-corrected chi connectivity index (χ0v) is 19.1. The molecule has 0 saturated carbocycles. The Hall–Kier alpha value is -2.20. The fourth-order valence-electron chi connectivity index (χ4n) is 4.89. The maximum absolute atomic E-state index is 13.1. The van der Waals surface area contributed by atoms with Crippen molar-refractivity contribution in [3.8, 4) is 5.75 Å². The lowest BCUT2D eigenvalue weighted by Gasteiger charge is -2.35. The molecule has 168 valence electrons. The summed E-state index contributed by atoms with van der Waals surface area (Å²) in [5.41, 5.74) is 1.86. The fourth-order valence-corrected chi connectivity index (χ4v) is 4.89. The number of hydrogen-bond donors (Lipinski definition) is 0. The van der Waals surface area contributed by atoms with Crippen LogP contribution in [-0.4, -0.2) is 37.9 Å². The van der Waals surface area contributed by atoms with Crippen molar-refractivity contribution in [1.82, 2.24) is 4.90 Å². The van der Waals surface area contributed by atoms with E-state index in [1.165, 1.54) is 18.4 Å². The van der Waals surface area contributed by atoms with Crippen LogP contribution in [0.25, 0.3) is 0 Å². The van der Waals surface area contributed by atoms with E-state index in [0.29, 0.717) is 5.92 Å². The van der Waals surface area contributed by atoms with Crippen LogP contribution in [0.3, 0.4) is 0 Å². The minimum Gasteiger partial charge on any atom is -0.497 e. The molecule has 3 rings (SSSR count). The monoisotopic (exact) mass is 425 g/mol. The molecule has 1 fully saturated rings. The smallest absolute Gasteiger partial charge is 0.130 e. The van der Waals surface area contributed by atoms with Crippen molar-refractivity contribution in [3.63, 3.8) is 0 Å². The second-order valence-corrected chi connectivity index (χ2v) is 9.26. The standard InChI is InChI=1S/C27H36FNO2/c1-21(2)27(20-30,24-7-11-26(31-3)12-8-24)15-4-16-29-17-13-23(14-18-29)19-22-5-9-25(28)10-6-22/h5-12,20-21,23H,4,13-19H2,1-3H3. The number of aldehydes is 1. The lowest BCUT2D eigenvalue weighted by Crippen LogP contribution is -2.38. The summed E-state index contributed by atoms with van der Waals surface area (Å²) in [4.78, 5) is 14.8. The molecule has 4 heteroatoms. The number of rotatable bonds is 10. The zero-order chi connectivity index (χ0) is 22.3. The molecule has 0 spiro atoms. The van der Waals surface area contributed by atoms with Gasteiger partial charge in [-0.05, 0) is 99.0 Å². The quantitative estimate of drug-likeness (QED) is 0.460. The molecule has 1 aliphatic heterocycles. The number of halogens is 1. The predicted octanol–water partition coefficient (Wildman–Crippen LogP) is 5.66. The molecule has 0 amide bonds. The summed E-state index contributed by atoms with van der Waals surface area (Å²) in [6, 6.07) is 14.9. The molecule has 1 aliphatic rings. The third kappa shape index (κ3) is 5.94. The van der Waals surface area contributed by atoms with E-state index in [1.54, 1.807) is 19.2 Å². The van der Waals surface area contributed by atoms with Crippen LogP contribution in [0, 0.1) is 17.7 Å². The maximum atomic E-state index is 13.1. The summed E-state index contributed by atoms with van der Waals surface area (Å²) >= 11 is 0. The van der Waals surface area contributed by atoms with Gasteiger partial charge in [-0.25, -0.2) is 4.39 Å². The Morgan fingerprint density at radius 1 is 1.10 bits per heavy atom. The molecule has 3 nitrogen and oxygen atoms in total. The van der Waals surface area contributed by atoms with Crippen LogP contribution in [-0.2, 0) is 16.6 Å². The first-order valence-electron chi connectivity index (χ1n) is 11.5. The molecule has 1 unspecified atom stereocenters. The highest BCUT2D eigenvalue weighted by molar-refractivity contribution is 5.69. The third-order valence-electron chi connectivity index (χ3n) is 7.08. The van der Waals surface area contributed by atoms with E-state index in [0.717, 1.165) is 56.5 Å². The Bertz CT molecular complexity index is 810. The van der Waals surface area contributed by atoms with Crippen molar-refractivity contribution in [2.24, 2.45) is 11.8 Å². The third-order valence-corrected chi connectivity index (χ3v) is 7.08. The van der Waals surface area contributed by atoms with Gasteiger partial charge in [0, 0.05) is 0 Å². The Balaban J connectivity index is 1.50. The van der Waals surface area contributed by atoms with Crippen molar-refractivity contribution in [2.75, 3.05) is 26.7 Å². The van der Waals surface area contributed by atoms with Crippen molar-refractivity contribution >= 4 is 6.29 Å². The van der Waals surface area contributed by atoms with Gasteiger partial charge >= 0.3 is 0 Å². The first-order valence-corrected chi connectivity index (χ1v) is 11.5. The van der Waals surface area contributed by atoms with Gasteiger partial charge < -0.3 is 14.4 Å². The van der Waals surface area contributed by atoms with E-state index in [9.17, 15) is 9.18 Å². The summed E-state index contributed by atoms with van der Waals surface area (Å²) in [6.45, 7) is 7.51. The number of methoxy groups -OCH3 is 1. The fraction of sp³-hybridized carbons (Fsp3) is 0.519. The largest absolute Gasteiger partial charge is 0.497 e. The lowest BCUT2D eigenvalue weighted by molar-refractivity contribution is -0.114. The molecule has 0 radical (unpaired) electrons. The number of piperidine rings is 1. The van der Waals surface area contributed by atoms with Crippen LogP contribution in [0.4, 0.5) is 4.39 Å². The van der Waals surface area contributed by atoms with Crippen LogP contribution in [0.2, 0.25) is 0 Å². The van der Waals surface area contributed by atoms with Crippen LogP contribution in [0.5, 0.6) is 5.75 Å². The topological polar surface area (TPSA) is 29.5 Å². The molecule has 1 heterocycles. The summed E-state index contributed by atoms with van der Waals surface area (Å²) in [5.74, 6) is 1.56. The average Bonchev–Trinajstić information content (AvgIpc) is 2.79. The first-order chi connectivity index (χ1) is 15.0. The molecular weight excluding hydrogens is 389 g/mol. The molecule has 0 bridgehead atoms. The summed E-state index contributed by atoms with van der Waals surface area (Å²) in [7, 11) is 1.66. The van der Waals surface area contributed by atoms with E-state index >= 15 is 0 Å². The number of ether oxygens (including phenoxy) is 1. The van der Waals surface area contributed by atoms with Gasteiger partial charge in [0.1, 0.15) is 17.9 Å². The summed E-state index contributed by atoms with van der Waals surface area (Å²) in [6.07, 6.45) is 6.42. The predicted molar refractivity (Wildman–Crippen MR) is 124 cm³/mol. The van der Waals surface area contributed by atoms with E-state index < -0.39 is 5.41 Å². The average molecular weight is 426 g/mol. The Morgan fingerprint density at radius 2 is 1.74 bits per heavy atom.